The highest BCUT2D eigenvalue weighted by molar-refractivity contribution is 5.99. The normalized spacial score (nSPS) is 10.2. The zero-order valence-electron chi connectivity index (χ0n) is 14.5. The van der Waals surface area contributed by atoms with Crippen LogP contribution in [0.1, 0.15) is 21.5 Å². The van der Waals surface area contributed by atoms with Gasteiger partial charge in [-0.3, -0.25) is 9.78 Å². The molecule has 6 nitrogen and oxygen atoms in total. The lowest BCUT2D eigenvalue weighted by molar-refractivity contribution is 0.0951. The third-order valence-electron chi connectivity index (χ3n) is 3.84. The van der Waals surface area contributed by atoms with E-state index >= 15 is 0 Å². The predicted molar refractivity (Wildman–Crippen MR) is 100.0 cm³/mol. The zero-order chi connectivity index (χ0) is 18.2. The van der Waals surface area contributed by atoms with Gasteiger partial charge in [0.05, 0.1) is 12.7 Å². The van der Waals surface area contributed by atoms with Gasteiger partial charge in [-0.25, -0.2) is 4.98 Å². The van der Waals surface area contributed by atoms with Crippen LogP contribution in [0.5, 0.6) is 5.88 Å². The minimum Gasteiger partial charge on any atom is -0.481 e. The maximum atomic E-state index is 12.6. The lowest BCUT2D eigenvalue weighted by atomic mass is 10.1. The van der Waals surface area contributed by atoms with Crippen molar-refractivity contribution in [1.82, 2.24) is 15.3 Å². The summed E-state index contributed by atoms with van der Waals surface area (Å²) in [5.41, 5.74) is 3.34. The number of carbonyl (C=O) groups is 1. The van der Waals surface area contributed by atoms with E-state index in [1.165, 1.54) is 0 Å². The van der Waals surface area contributed by atoms with Crippen molar-refractivity contribution >= 4 is 11.6 Å². The van der Waals surface area contributed by atoms with E-state index in [1.807, 2.05) is 36.4 Å². The van der Waals surface area contributed by atoms with Crippen LogP contribution >= 0.6 is 0 Å². The number of anilines is 1. The second-order valence-electron chi connectivity index (χ2n) is 5.65. The van der Waals surface area contributed by atoms with Crippen LogP contribution < -0.4 is 15.4 Å². The van der Waals surface area contributed by atoms with Gasteiger partial charge in [0.25, 0.3) is 5.91 Å². The molecular formula is C20H20N4O2. The first-order valence-corrected chi connectivity index (χ1v) is 8.25. The summed E-state index contributed by atoms with van der Waals surface area (Å²) < 4.78 is 5.10. The summed E-state index contributed by atoms with van der Waals surface area (Å²) in [4.78, 5) is 20.8. The van der Waals surface area contributed by atoms with Crippen LogP contribution in [-0.4, -0.2) is 23.0 Å². The van der Waals surface area contributed by atoms with Crippen molar-refractivity contribution in [3.8, 4) is 5.88 Å². The highest BCUT2D eigenvalue weighted by Crippen LogP contribution is 2.16. The minimum atomic E-state index is -0.143. The number of nitrogens with one attached hydrogen (secondary N) is 2. The molecule has 0 fully saturated rings. The number of hydrogen-bond acceptors (Lipinski definition) is 5. The average molecular weight is 348 g/mol. The fourth-order valence-corrected chi connectivity index (χ4v) is 2.48. The van der Waals surface area contributed by atoms with Crippen molar-refractivity contribution < 1.29 is 9.53 Å². The maximum absolute atomic E-state index is 12.6. The van der Waals surface area contributed by atoms with Gasteiger partial charge in [-0.2, -0.15) is 0 Å². The minimum absolute atomic E-state index is 0.143. The van der Waals surface area contributed by atoms with Gasteiger partial charge in [0.1, 0.15) is 0 Å². The molecule has 0 unspecified atom stereocenters. The Labute approximate surface area is 152 Å². The van der Waals surface area contributed by atoms with Crippen LogP contribution in [0, 0.1) is 0 Å². The van der Waals surface area contributed by atoms with Crippen LogP contribution in [-0.2, 0) is 13.1 Å². The highest BCUT2D eigenvalue weighted by atomic mass is 16.5. The standard InChI is InChI=1S/C20H20N4O2/c1-26-19-11-15(8-10-22-19)13-24-20(25)17-6-2-3-7-18(17)23-14-16-5-4-9-21-12-16/h2-12,23H,13-14H2,1H3,(H,24,25). The number of hydrogen-bond donors (Lipinski definition) is 2. The SMILES string of the molecule is COc1cc(CNC(=O)c2ccccc2NCc2cccnc2)ccn1. The van der Waals surface area contributed by atoms with Crippen molar-refractivity contribution in [1.29, 1.82) is 0 Å². The molecule has 0 aliphatic heterocycles. The third kappa shape index (κ3) is 4.57. The van der Waals surface area contributed by atoms with E-state index in [4.69, 9.17) is 4.74 Å². The molecule has 0 atom stereocenters. The van der Waals surface area contributed by atoms with E-state index < -0.39 is 0 Å². The quantitative estimate of drug-likeness (QED) is 0.686. The van der Waals surface area contributed by atoms with Crippen molar-refractivity contribution in [2.24, 2.45) is 0 Å². The smallest absolute Gasteiger partial charge is 0.253 e. The number of benzene rings is 1. The molecule has 0 saturated carbocycles. The number of amides is 1. The molecule has 0 spiro atoms. The Morgan fingerprint density at radius 3 is 2.73 bits per heavy atom. The molecule has 2 heterocycles. The predicted octanol–water partition coefficient (Wildman–Crippen LogP) is 3.03. The maximum Gasteiger partial charge on any atom is 0.253 e. The largest absolute Gasteiger partial charge is 0.481 e. The summed E-state index contributed by atoms with van der Waals surface area (Å²) in [5, 5.41) is 6.23. The van der Waals surface area contributed by atoms with Crippen molar-refractivity contribution in [3.63, 3.8) is 0 Å². The number of nitrogens with zero attached hydrogens (tertiary/aromatic N) is 2. The molecule has 3 rings (SSSR count). The molecule has 0 aliphatic carbocycles. The first-order valence-electron chi connectivity index (χ1n) is 8.25. The number of para-hydroxylation sites is 1. The van der Waals surface area contributed by atoms with Gasteiger partial charge in [-0.15, -0.1) is 0 Å². The molecule has 132 valence electrons. The van der Waals surface area contributed by atoms with Gasteiger partial charge in [0, 0.05) is 43.4 Å². The van der Waals surface area contributed by atoms with Crippen LogP contribution in [0.4, 0.5) is 5.69 Å². The van der Waals surface area contributed by atoms with E-state index in [9.17, 15) is 4.79 Å². The van der Waals surface area contributed by atoms with Gasteiger partial charge in [-0.1, -0.05) is 18.2 Å². The van der Waals surface area contributed by atoms with Crippen LogP contribution in [0.25, 0.3) is 0 Å². The molecule has 6 heteroatoms. The molecular weight excluding hydrogens is 328 g/mol. The molecule has 26 heavy (non-hydrogen) atoms. The van der Waals surface area contributed by atoms with E-state index in [0.717, 1.165) is 16.8 Å². The molecule has 1 aromatic carbocycles. The summed E-state index contributed by atoms with van der Waals surface area (Å²) in [7, 11) is 1.56. The fourth-order valence-electron chi connectivity index (χ4n) is 2.48. The monoisotopic (exact) mass is 348 g/mol. The Morgan fingerprint density at radius 2 is 1.92 bits per heavy atom. The van der Waals surface area contributed by atoms with Gasteiger partial charge in [0.2, 0.25) is 5.88 Å². The van der Waals surface area contributed by atoms with Gasteiger partial charge in [0.15, 0.2) is 0 Å². The summed E-state index contributed by atoms with van der Waals surface area (Å²) >= 11 is 0. The summed E-state index contributed by atoms with van der Waals surface area (Å²) in [6.07, 6.45) is 5.19. The van der Waals surface area contributed by atoms with Crippen molar-refractivity contribution in [2.75, 3.05) is 12.4 Å². The number of methoxy groups -OCH3 is 1. The lowest BCUT2D eigenvalue weighted by Gasteiger charge is -2.12. The Hall–Kier alpha value is -3.41. The Kier molecular flexibility index (Phi) is 5.77. The van der Waals surface area contributed by atoms with Gasteiger partial charge in [-0.05, 0) is 35.4 Å². The third-order valence-corrected chi connectivity index (χ3v) is 3.84. The molecule has 3 aromatic rings. The molecule has 2 aromatic heterocycles. The number of rotatable bonds is 7. The van der Waals surface area contributed by atoms with E-state index in [-0.39, 0.29) is 5.91 Å². The second kappa shape index (κ2) is 8.62. The summed E-state index contributed by atoms with van der Waals surface area (Å²) in [6, 6.07) is 14.9. The average Bonchev–Trinajstić information content (AvgIpc) is 2.71. The second-order valence-corrected chi connectivity index (χ2v) is 5.65. The molecule has 0 radical (unpaired) electrons. The number of pyridine rings is 2. The number of aromatic nitrogens is 2. The summed E-state index contributed by atoms with van der Waals surface area (Å²) in [6.45, 7) is 0.994. The van der Waals surface area contributed by atoms with E-state index in [2.05, 4.69) is 20.6 Å². The molecule has 1 amide bonds. The topological polar surface area (TPSA) is 76.1 Å². The first kappa shape index (κ1) is 17.4. The van der Waals surface area contributed by atoms with E-state index in [0.29, 0.717) is 24.5 Å². The molecule has 0 bridgehead atoms. The van der Waals surface area contributed by atoms with Crippen LogP contribution in [0.3, 0.4) is 0 Å². The van der Waals surface area contributed by atoms with Crippen LogP contribution in [0.2, 0.25) is 0 Å². The Balaban J connectivity index is 1.65. The Morgan fingerprint density at radius 1 is 1.04 bits per heavy atom. The fraction of sp³-hybridized carbons (Fsp3) is 0.150. The Bertz CT molecular complexity index is 868. The first-order chi connectivity index (χ1) is 12.8. The molecule has 2 N–H and O–H groups in total. The highest BCUT2D eigenvalue weighted by Gasteiger charge is 2.11. The molecule has 0 saturated heterocycles. The van der Waals surface area contributed by atoms with Crippen LogP contribution in [0.15, 0.2) is 67.1 Å². The zero-order valence-corrected chi connectivity index (χ0v) is 14.5. The number of carbonyl (C=O) groups excluding carboxylic acids is 1. The molecule has 0 aliphatic rings. The lowest BCUT2D eigenvalue weighted by Crippen LogP contribution is -2.24. The summed E-state index contributed by atoms with van der Waals surface area (Å²) in [5.74, 6) is 0.380. The van der Waals surface area contributed by atoms with E-state index in [1.54, 1.807) is 37.8 Å². The van der Waals surface area contributed by atoms with Gasteiger partial charge < -0.3 is 15.4 Å². The number of ether oxygens (including phenoxy) is 1. The van der Waals surface area contributed by atoms with Crippen molar-refractivity contribution in [3.05, 3.63) is 83.8 Å². The van der Waals surface area contributed by atoms with Crippen molar-refractivity contribution in [2.45, 2.75) is 13.1 Å². The van der Waals surface area contributed by atoms with Gasteiger partial charge >= 0.3 is 0 Å².